The summed E-state index contributed by atoms with van der Waals surface area (Å²) in [6.07, 6.45) is 3.63. The molecule has 0 aromatic heterocycles. The van der Waals surface area contributed by atoms with Gasteiger partial charge in [0.15, 0.2) is 0 Å². The SMILES string of the molecule is CC1CCCC(CN)N1Cc1cccc(C(N)=O)c1. The lowest BCUT2D eigenvalue weighted by Crippen LogP contribution is -2.48. The minimum atomic E-state index is -0.371. The van der Waals surface area contributed by atoms with Crippen molar-refractivity contribution in [2.24, 2.45) is 11.5 Å². The molecule has 0 saturated carbocycles. The first-order chi connectivity index (χ1) is 9.11. The van der Waals surface area contributed by atoms with Gasteiger partial charge in [-0.3, -0.25) is 9.69 Å². The number of rotatable bonds is 4. The van der Waals surface area contributed by atoms with Gasteiger partial charge in [-0.15, -0.1) is 0 Å². The van der Waals surface area contributed by atoms with Crippen LogP contribution in [-0.4, -0.2) is 29.4 Å². The summed E-state index contributed by atoms with van der Waals surface area (Å²) in [6.45, 7) is 3.78. The van der Waals surface area contributed by atoms with Crippen LogP contribution < -0.4 is 11.5 Å². The molecular weight excluding hydrogens is 238 g/mol. The number of benzene rings is 1. The lowest BCUT2D eigenvalue weighted by Gasteiger charge is -2.40. The molecule has 4 heteroatoms. The van der Waals surface area contributed by atoms with Gasteiger partial charge in [-0.25, -0.2) is 0 Å². The van der Waals surface area contributed by atoms with Crippen LogP contribution in [0.5, 0.6) is 0 Å². The van der Waals surface area contributed by atoms with Gasteiger partial charge in [0.1, 0.15) is 0 Å². The van der Waals surface area contributed by atoms with E-state index in [-0.39, 0.29) is 5.91 Å². The highest BCUT2D eigenvalue weighted by molar-refractivity contribution is 5.92. The Hall–Kier alpha value is -1.39. The third-order valence-electron chi connectivity index (χ3n) is 4.04. The fraction of sp³-hybridized carbons (Fsp3) is 0.533. The van der Waals surface area contributed by atoms with Crippen LogP contribution in [0.15, 0.2) is 24.3 Å². The number of carbonyl (C=O) groups excluding carboxylic acids is 1. The zero-order valence-corrected chi connectivity index (χ0v) is 11.5. The molecule has 1 aromatic carbocycles. The highest BCUT2D eigenvalue weighted by atomic mass is 16.1. The number of hydrogen-bond acceptors (Lipinski definition) is 3. The molecule has 0 radical (unpaired) electrons. The second-order valence-electron chi connectivity index (χ2n) is 5.41. The van der Waals surface area contributed by atoms with Crippen molar-refractivity contribution in [2.45, 2.75) is 44.8 Å². The molecular formula is C15H23N3O. The lowest BCUT2D eigenvalue weighted by molar-refractivity contribution is 0.0891. The van der Waals surface area contributed by atoms with E-state index in [9.17, 15) is 4.79 Å². The lowest BCUT2D eigenvalue weighted by atomic mass is 9.95. The summed E-state index contributed by atoms with van der Waals surface area (Å²) in [7, 11) is 0. The third-order valence-corrected chi connectivity index (χ3v) is 4.04. The van der Waals surface area contributed by atoms with Gasteiger partial charge in [-0.2, -0.15) is 0 Å². The van der Waals surface area contributed by atoms with Gasteiger partial charge in [-0.05, 0) is 37.5 Å². The fourth-order valence-corrected chi connectivity index (χ4v) is 2.91. The summed E-state index contributed by atoms with van der Waals surface area (Å²) < 4.78 is 0. The summed E-state index contributed by atoms with van der Waals surface area (Å²) in [5.41, 5.74) is 12.9. The molecule has 2 atom stereocenters. The maximum atomic E-state index is 11.2. The largest absolute Gasteiger partial charge is 0.366 e. The van der Waals surface area contributed by atoms with Gasteiger partial charge in [0.05, 0.1) is 0 Å². The van der Waals surface area contributed by atoms with E-state index in [1.807, 2.05) is 18.2 Å². The molecule has 1 fully saturated rings. The molecule has 19 heavy (non-hydrogen) atoms. The molecule has 1 aliphatic rings. The Morgan fingerprint density at radius 3 is 2.89 bits per heavy atom. The molecule has 0 spiro atoms. The summed E-state index contributed by atoms with van der Waals surface area (Å²) in [6, 6.07) is 8.56. The van der Waals surface area contributed by atoms with Gasteiger partial charge < -0.3 is 11.5 Å². The molecule has 1 aliphatic heterocycles. The third kappa shape index (κ3) is 3.33. The molecule has 2 rings (SSSR count). The van der Waals surface area contributed by atoms with Gasteiger partial charge in [0.25, 0.3) is 0 Å². The quantitative estimate of drug-likeness (QED) is 0.862. The number of piperidine rings is 1. The molecule has 1 aromatic rings. The minimum absolute atomic E-state index is 0.371. The Bertz CT molecular complexity index is 447. The number of primary amides is 1. The van der Waals surface area contributed by atoms with Crippen molar-refractivity contribution in [3.63, 3.8) is 0 Å². The number of nitrogens with zero attached hydrogens (tertiary/aromatic N) is 1. The first-order valence-electron chi connectivity index (χ1n) is 6.96. The number of amides is 1. The molecule has 4 nitrogen and oxygen atoms in total. The number of hydrogen-bond donors (Lipinski definition) is 2. The number of likely N-dealkylation sites (tertiary alicyclic amines) is 1. The first kappa shape index (κ1) is 14.0. The normalized spacial score (nSPS) is 24.3. The smallest absolute Gasteiger partial charge is 0.248 e. The van der Waals surface area contributed by atoms with Crippen LogP contribution in [0.4, 0.5) is 0 Å². The molecule has 0 aliphatic carbocycles. The number of carbonyl (C=O) groups is 1. The number of nitrogens with two attached hydrogens (primary N) is 2. The van der Waals surface area contributed by atoms with Crippen LogP contribution >= 0.6 is 0 Å². The maximum absolute atomic E-state index is 11.2. The van der Waals surface area contributed by atoms with Crippen LogP contribution in [0.3, 0.4) is 0 Å². The highest BCUT2D eigenvalue weighted by Gasteiger charge is 2.26. The van der Waals surface area contributed by atoms with Gasteiger partial charge in [-0.1, -0.05) is 18.6 Å². The van der Waals surface area contributed by atoms with Crippen molar-refractivity contribution >= 4 is 5.91 Å². The highest BCUT2D eigenvalue weighted by Crippen LogP contribution is 2.24. The van der Waals surface area contributed by atoms with E-state index in [0.717, 1.165) is 18.5 Å². The Morgan fingerprint density at radius 2 is 2.21 bits per heavy atom. The Labute approximate surface area is 114 Å². The van der Waals surface area contributed by atoms with Crippen LogP contribution in [0.25, 0.3) is 0 Å². The van der Waals surface area contributed by atoms with E-state index >= 15 is 0 Å². The first-order valence-corrected chi connectivity index (χ1v) is 6.96. The van der Waals surface area contributed by atoms with Crippen molar-refractivity contribution in [3.05, 3.63) is 35.4 Å². The van der Waals surface area contributed by atoms with Crippen LogP contribution in [0.1, 0.15) is 42.1 Å². The average molecular weight is 261 g/mol. The fourth-order valence-electron chi connectivity index (χ4n) is 2.91. The van der Waals surface area contributed by atoms with Gasteiger partial charge in [0.2, 0.25) is 5.91 Å². The van der Waals surface area contributed by atoms with Crippen LogP contribution in [-0.2, 0) is 6.54 Å². The zero-order chi connectivity index (χ0) is 13.8. The van der Waals surface area contributed by atoms with Crippen molar-refractivity contribution in [3.8, 4) is 0 Å². The average Bonchev–Trinajstić information content (AvgIpc) is 2.41. The predicted molar refractivity (Wildman–Crippen MR) is 76.7 cm³/mol. The van der Waals surface area contributed by atoms with Gasteiger partial charge in [0, 0.05) is 30.7 Å². The van der Waals surface area contributed by atoms with Crippen molar-refractivity contribution in [1.82, 2.24) is 4.90 Å². The zero-order valence-electron chi connectivity index (χ0n) is 11.5. The molecule has 2 unspecified atom stereocenters. The van der Waals surface area contributed by atoms with Crippen LogP contribution in [0, 0.1) is 0 Å². The molecule has 104 valence electrons. The Morgan fingerprint density at radius 1 is 1.42 bits per heavy atom. The van der Waals surface area contributed by atoms with E-state index in [1.165, 1.54) is 12.8 Å². The standard InChI is InChI=1S/C15H23N3O/c1-11-4-2-7-14(9-16)18(11)10-12-5-3-6-13(8-12)15(17)19/h3,5-6,8,11,14H,2,4,7,9-10,16H2,1H3,(H2,17,19). The Kier molecular flexibility index (Phi) is 4.56. The van der Waals surface area contributed by atoms with Crippen molar-refractivity contribution in [1.29, 1.82) is 0 Å². The van der Waals surface area contributed by atoms with Crippen molar-refractivity contribution < 1.29 is 4.79 Å². The minimum Gasteiger partial charge on any atom is -0.366 e. The maximum Gasteiger partial charge on any atom is 0.248 e. The van der Waals surface area contributed by atoms with E-state index in [2.05, 4.69) is 11.8 Å². The molecule has 4 N–H and O–H groups in total. The predicted octanol–water partition coefficient (Wildman–Crippen LogP) is 1.49. The topological polar surface area (TPSA) is 72.3 Å². The van der Waals surface area contributed by atoms with E-state index in [1.54, 1.807) is 6.07 Å². The van der Waals surface area contributed by atoms with Crippen molar-refractivity contribution in [2.75, 3.05) is 6.54 Å². The van der Waals surface area contributed by atoms with Gasteiger partial charge >= 0.3 is 0 Å². The summed E-state index contributed by atoms with van der Waals surface area (Å²) >= 11 is 0. The second kappa shape index (κ2) is 6.17. The Balaban J connectivity index is 2.14. The monoisotopic (exact) mass is 261 g/mol. The summed E-state index contributed by atoms with van der Waals surface area (Å²) in [4.78, 5) is 13.7. The molecule has 1 amide bonds. The second-order valence-corrected chi connectivity index (χ2v) is 5.41. The van der Waals surface area contributed by atoms with Crippen LogP contribution in [0.2, 0.25) is 0 Å². The molecule has 0 bridgehead atoms. The molecule has 1 saturated heterocycles. The summed E-state index contributed by atoms with van der Waals surface area (Å²) in [5, 5.41) is 0. The molecule has 1 heterocycles. The van der Waals surface area contributed by atoms with E-state index < -0.39 is 0 Å². The van der Waals surface area contributed by atoms with E-state index in [4.69, 9.17) is 11.5 Å². The van der Waals surface area contributed by atoms with E-state index in [0.29, 0.717) is 24.2 Å². The summed E-state index contributed by atoms with van der Waals surface area (Å²) in [5.74, 6) is -0.371.